The zero-order valence-electron chi connectivity index (χ0n) is 16.7. The van der Waals surface area contributed by atoms with Crippen molar-refractivity contribution >= 4 is 21.6 Å². The Kier molecular flexibility index (Phi) is 5.67. The number of amides is 1. The third-order valence-corrected chi connectivity index (χ3v) is 8.09. The monoisotopic (exact) mass is 413 g/mol. The highest BCUT2D eigenvalue weighted by Gasteiger charge is 2.38. The van der Waals surface area contributed by atoms with E-state index in [0.29, 0.717) is 24.6 Å². The Morgan fingerprint density at radius 3 is 2.52 bits per heavy atom. The summed E-state index contributed by atoms with van der Waals surface area (Å²) in [6.07, 6.45) is 8.41. The molecule has 0 saturated heterocycles. The van der Waals surface area contributed by atoms with Crippen molar-refractivity contribution in [2.24, 2.45) is 5.92 Å². The lowest BCUT2D eigenvalue weighted by Gasteiger charge is -2.20. The molecule has 0 aliphatic heterocycles. The molecule has 2 aliphatic carbocycles. The number of nitrogens with zero attached hydrogens (tertiary/aromatic N) is 2. The summed E-state index contributed by atoms with van der Waals surface area (Å²) in [6, 6.07) is 8.84. The summed E-state index contributed by atoms with van der Waals surface area (Å²) in [5.41, 5.74) is 1.60. The lowest BCUT2D eigenvalue weighted by atomic mass is 9.88. The predicted octanol–water partition coefficient (Wildman–Crippen LogP) is 4.02. The van der Waals surface area contributed by atoms with Crippen molar-refractivity contribution in [3.63, 3.8) is 0 Å². The fraction of sp³-hybridized carbons (Fsp3) is 0.500. The first-order chi connectivity index (χ1) is 13.9. The van der Waals surface area contributed by atoms with Crippen LogP contribution in [0.4, 0.5) is 5.82 Å². The van der Waals surface area contributed by atoms with Crippen molar-refractivity contribution < 1.29 is 13.2 Å². The summed E-state index contributed by atoms with van der Waals surface area (Å²) in [4.78, 5) is 21.7. The fourth-order valence-electron chi connectivity index (χ4n) is 4.12. The number of sulfone groups is 1. The molecule has 0 radical (unpaired) electrons. The standard InChI is InChI=1S/C22H27N3O3S/c1-15-5-4-8-20(24-15)25-22(26)19(13-16-6-2-3-7-16)17-9-12-21(23-14-17)29(27,28)18-10-11-18/h4-5,8-9,12,14,16,18-19H,2-3,6-7,10-11,13H2,1H3,(H,24,25,26). The van der Waals surface area contributed by atoms with Crippen molar-refractivity contribution in [2.75, 3.05) is 5.32 Å². The van der Waals surface area contributed by atoms with Crippen LogP contribution < -0.4 is 5.32 Å². The number of pyridine rings is 2. The molecule has 6 nitrogen and oxygen atoms in total. The largest absolute Gasteiger partial charge is 0.310 e. The minimum atomic E-state index is -3.33. The Labute approximate surface area is 172 Å². The van der Waals surface area contributed by atoms with Gasteiger partial charge in [0.05, 0.1) is 11.2 Å². The van der Waals surface area contributed by atoms with Crippen LogP contribution in [0.5, 0.6) is 0 Å². The van der Waals surface area contributed by atoms with Gasteiger partial charge >= 0.3 is 0 Å². The Balaban J connectivity index is 1.56. The number of rotatable bonds is 7. The molecular weight excluding hydrogens is 386 g/mol. The lowest BCUT2D eigenvalue weighted by Crippen LogP contribution is -2.24. The second-order valence-corrected chi connectivity index (χ2v) is 10.4. The number of carbonyl (C=O) groups excluding carboxylic acids is 1. The molecule has 0 aromatic carbocycles. The number of carbonyl (C=O) groups is 1. The van der Waals surface area contributed by atoms with Gasteiger partial charge < -0.3 is 5.32 Å². The molecule has 2 aromatic heterocycles. The van der Waals surface area contributed by atoms with Gasteiger partial charge in [-0.15, -0.1) is 0 Å². The van der Waals surface area contributed by atoms with Gasteiger partial charge in [0, 0.05) is 11.9 Å². The highest BCUT2D eigenvalue weighted by atomic mass is 32.2. The average molecular weight is 414 g/mol. The van der Waals surface area contributed by atoms with Gasteiger partial charge in [0.1, 0.15) is 5.82 Å². The Morgan fingerprint density at radius 2 is 1.90 bits per heavy atom. The molecule has 1 unspecified atom stereocenters. The van der Waals surface area contributed by atoms with Crippen molar-refractivity contribution in [2.45, 2.75) is 68.1 Å². The highest BCUT2D eigenvalue weighted by Crippen LogP contribution is 2.36. The van der Waals surface area contributed by atoms with Crippen LogP contribution >= 0.6 is 0 Å². The molecular formula is C22H27N3O3S. The van der Waals surface area contributed by atoms with Crippen molar-refractivity contribution in [3.8, 4) is 0 Å². The van der Waals surface area contributed by atoms with Crippen molar-refractivity contribution in [1.29, 1.82) is 0 Å². The smallest absolute Gasteiger partial charge is 0.233 e. The molecule has 2 saturated carbocycles. The maximum Gasteiger partial charge on any atom is 0.233 e. The Bertz CT molecular complexity index is 979. The van der Waals surface area contributed by atoms with Gasteiger partial charge in [-0.25, -0.2) is 18.4 Å². The van der Waals surface area contributed by atoms with E-state index in [4.69, 9.17) is 0 Å². The minimum Gasteiger partial charge on any atom is -0.310 e. The maximum atomic E-state index is 13.1. The van der Waals surface area contributed by atoms with E-state index in [-0.39, 0.29) is 22.1 Å². The first kappa shape index (κ1) is 20.0. The maximum absolute atomic E-state index is 13.1. The van der Waals surface area contributed by atoms with E-state index in [1.807, 2.05) is 19.1 Å². The van der Waals surface area contributed by atoms with Crippen LogP contribution in [0.2, 0.25) is 0 Å². The predicted molar refractivity (Wildman–Crippen MR) is 111 cm³/mol. The summed E-state index contributed by atoms with van der Waals surface area (Å²) in [5, 5.41) is 2.76. The lowest BCUT2D eigenvalue weighted by molar-refractivity contribution is -0.118. The molecule has 0 bridgehead atoms. The van der Waals surface area contributed by atoms with E-state index in [1.54, 1.807) is 24.4 Å². The van der Waals surface area contributed by atoms with Crippen LogP contribution in [0.3, 0.4) is 0 Å². The van der Waals surface area contributed by atoms with E-state index in [9.17, 15) is 13.2 Å². The van der Waals surface area contributed by atoms with E-state index in [1.165, 1.54) is 12.8 Å². The van der Waals surface area contributed by atoms with Gasteiger partial charge in [-0.1, -0.05) is 37.8 Å². The second kappa shape index (κ2) is 8.22. The number of nitrogens with one attached hydrogen (secondary N) is 1. The Morgan fingerprint density at radius 1 is 1.14 bits per heavy atom. The van der Waals surface area contributed by atoms with Crippen LogP contribution in [-0.2, 0) is 14.6 Å². The topological polar surface area (TPSA) is 89.0 Å². The summed E-state index contributed by atoms with van der Waals surface area (Å²) in [5.74, 6) is 0.554. The molecule has 2 aromatic rings. The van der Waals surface area contributed by atoms with Crippen LogP contribution in [0.15, 0.2) is 41.6 Å². The number of hydrogen-bond donors (Lipinski definition) is 1. The van der Waals surface area contributed by atoms with Crippen LogP contribution in [0, 0.1) is 12.8 Å². The summed E-state index contributed by atoms with van der Waals surface area (Å²) >= 11 is 0. The van der Waals surface area contributed by atoms with Gasteiger partial charge in [0.15, 0.2) is 14.9 Å². The van der Waals surface area contributed by atoms with E-state index >= 15 is 0 Å². The average Bonchev–Trinajstić information content (AvgIpc) is 3.44. The quantitative estimate of drug-likeness (QED) is 0.740. The van der Waals surface area contributed by atoms with Gasteiger partial charge in [-0.3, -0.25) is 4.79 Å². The third-order valence-electron chi connectivity index (χ3n) is 5.92. The second-order valence-electron chi connectivity index (χ2n) is 8.27. The molecule has 4 rings (SSSR count). The molecule has 2 aliphatic rings. The zero-order valence-corrected chi connectivity index (χ0v) is 17.5. The molecule has 0 spiro atoms. The van der Waals surface area contributed by atoms with Crippen LogP contribution in [0.25, 0.3) is 0 Å². The van der Waals surface area contributed by atoms with Gasteiger partial charge in [-0.2, -0.15) is 0 Å². The van der Waals surface area contributed by atoms with Crippen LogP contribution in [-0.4, -0.2) is 29.5 Å². The molecule has 29 heavy (non-hydrogen) atoms. The fourth-order valence-corrected chi connectivity index (χ4v) is 5.67. The highest BCUT2D eigenvalue weighted by molar-refractivity contribution is 7.92. The molecule has 1 atom stereocenters. The first-order valence-electron chi connectivity index (χ1n) is 10.4. The summed E-state index contributed by atoms with van der Waals surface area (Å²) < 4.78 is 24.8. The zero-order chi connectivity index (χ0) is 20.4. The van der Waals surface area contributed by atoms with Crippen molar-refractivity contribution in [1.82, 2.24) is 9.97 Å². The van der Waals surface area contributed by atoms with Crippen molar-refractivity contribution in [3.05, 3.63) is 47.8 Å². The first-order valence-corrected chi connectivity index (χ1v) is 11.9. The molecule has 1 amide bonds. The van der Waals surface area contributed by atoms with Crippen LogP contribution in [0.1, 0.15) is 62.1 Å². The Hall–Kier alpha value is -2.28. The van der Waals surface area contributed by atoms with E-state index in [2.05, 4.69) is 15.3 Å². The van der Waals surface area contributed by atoms with E-state index < -0.39 is 9.84 Å². The minimum absolute atomic E-state index is 0.115. The number of aromatic nitrogens is 2. The molecule has 7 heteroatoms. The number of aryl methyl sites for hydroxylation is 1. The van der Waals surface area contributed by atoms with Gasteiger partial charge in [0.25, 0.3) is 0 Å². The van der Waals surface area contributed by atoms with Gasteiger partial charge in [0.2, 0.25) is 5.91 Å². The molecule has 154 valence electrons. The third kappa shape index (κ3) is 4.66. The number of hydrogen-bond acceptors (Lipinski definition) is 5. The van der Waals surface area contributed by atoms with E-state index in [0.717, 1.165) is 30.5 Å². The molecule has 2 heterocycles. The molecule has 1 N–H and O–H groups in total. The number of anilines is 1. The summed E-state index contributed by atoms with van der Waals surface area (Å²) in [6.45, 7) is 1.88. The molecule has 2 fully saturated rings. The normalized spacial score (nSPS) is 18.5. The SMILES string of the molecule is Cc1cccc(NC(=O)C(CC2CCCC2)c2ccc(S(=O)(=O)C3CC3)nc2)n1. The summed E-state index contributed by atoms with van der Waals surface area (Å²) in [7, 11) is -3.33. The van der Waals surface area contributed by atoms with Gasteiger partial charge in [-0.05, 0) is 55.9 Å².